The van der Waals surface area contributed by atoms with E-state index in [0.29, 0.717) is 13.2 Å². The number of ether oxygens (including phenoxy) is 2. The van der Waals surface area contributed by atoms with Crippen LogP contribution in [0.3, 0.4) is 0 Å². The highest BCUT2D eigenvalue weighted by Gasteiger charge is 2.41. The lowest BCUT2D eigenvalue weighted by atomic mass is 9.93. The summed E-state index contributed by atoms with van der Waals surface area (Å²) >= 11 is 0. The smallest absolute Gasteiger partial charge is 0.422 e. The Balaban J connectivity index is 2.06. The van der Waals surface area contributed by atoms with Gasteiger partial charge in [0.1, 0.15) is 5.60 Å². The average Bonchev–Trinajstić information content (AvgIpc) is 2.02. The van der Waals surface area contributed by atoms with E-state index in [4.69, 9.17) is 9.47 Å². The zero-order valence-electron chi connectivity index (χ0n) is 7.71. The van der Waals surface area contributed by atoms with Crippen molar-refractivity contribution in [3.63, 3.8) is 0 Å². The van der Waals surface area contributed by atoms with Crippen molar-refractivity contribution in [3.05, 3.63) is 0 Å². The molecule has 5 nitrogen and oxygen atoms in total. The summed E-state index contributed by atoms with van der Waals surface area (Å²) in [6, 6.07) is 0. The van der Waals surface area contributed by atoms with Crippen LogP contribution in [-0.4, -0.2) is 43.5 Å². The van der Waals surface area contributed by atoms with Crippen LogP contribution in [0.4, 0.5) is 4.79 Å². The number of hydrogen-bond donors (Lipinski definition) is 1. The molecule has 0 bridgehead atoms. The lowest BCUT2D eigenvalue weighted by molar-refractivity contribution is -0.113. The second-order valence-corrected chi connectivity index (χ2v) is 3.65. The second kappa shape index (κ2) is 3.16. The fraction of sp³-hybridized carbons (Fsp3) is 0.875. The fourth-order valence-corrected chi connectivity index (χ4v) is 1.88. The van der Waals surface area contributed by atoms with Crippen LogP contribution in [0.15, 0.2) is 0 Å². The number of nitrogens with one attached hydrogen (secondary N) is 1. The summed E-state index contributed by atoms with van der Waals surface area (Å²) in [7, 11) is 1.84. The Hall–Kier alpha value is -0.810. The van der Waals surface area contributed by atoms with E-state index in [0.717, 1.165) is 19.4 Å². The minimum atomic E-state index is -0.351. The predicted molar refractivity (Wildman–Crippen MR) is 45.0 cm³/mol. The Kier molecular flexibility index (Phi) is 2.13. The normalized spacial score (nSPS) is 28.2. The van der Waals surface area contributed by atoms with Gasteiger partial charge in [-0.05, 0) is 0 Å². The molecule has 5 heteroatoms. The Bertz CT molecular complexity index is 213. The highest BCUT2D eigenvalue weighted by Crippen LogP contribution is 2.27. The van der Waals surface area contributed by atoms with Gasteiger partial charge in [0.05, 0.1) is 19.8 Å². The number of nitrogens with zero attached hydrogens (tertiary/aromatic N) is 1. The minimum absolute atomic E-state index is 0.310. The third-order valence-electron chi connectivity index (χ3n) is 2.52. The van der Waals surface area contributed by atoms with E-state index in [1.165, 1.54) is 0 Å². The van der Waals surface area contributed by atoms with Gasteiger partial charge in [0.2, 0.25) is 0 Å². The first kappa shape index (κ1) is 8.77. The van der Waals surface area contributed by atoms with E-state index in [1.807, 2.05) is 7.05 Å². The monoisotopic (exact) mass is 186 g/mol. The number of likely N-dealkylation sites (N-methyl/N-ethyl adjacent to an activating group) is 1. The molecule has 0 aromatic rings. The Morgan fingerprint density at radius 2 is 2.15 bits per heavy atom. The first-order valence-electron chi connectivity index (χ1n) is 4.49. The molecule has 2 aliphatic rings. The fourth-order valence-electron chi connectivity index (χ4n) is 1.88. The van der Waals surface area contributed by atoms with Crippen molar-refractivity contribution in [2.24, 2.45) is 0 Å². The summed E-state index contributed by atoms with van der Waals surface area (Å²) < 4.78 is 10.6. The SMILES string of the molecule is CN1CC2(CCOCC2)OC(=O)N1. The van der Waals surface area contributed by atoms with Gasteiger partial charge >= 0.3 is 6.09 Å². The van der Waals surface area contributed by atoms with Crippen LogP contribution in [0.25, 0.3) is 0 Å². The van der Waals surface area contributed by atoms with Gasteiger partial charge < -0.3 is 9.47 Å². The van der Waals surface area contributed by atoms with Gasteiger partial charge in [0.25, 0.3) is 0 Å². The van der Waals surface area contributed by atoms with Crippen LogP contribution in [0.5, 0.6) is 0 Å². The molecule has 1 N–H and O–H groups in total. The molecule has 0 aromatic heterocycles. The maximum Gasteiger partial charge on any atom is 0.422 e. The number of carbonyl (C=O) groups excluding carboxylic acids is 1. The summed E-state index contributed by atoms with van der Waals surface area (Å²) in [5.74, 6) is 0. The molecule has 1 spiro atoms. The van der Waals surface area contributed by atoms with Gasteiger partial charge in [-0.3, -0.25) is 5.43 Å². The third kappa shape index (κ3) is 1.76. The van der Waals surface area contributed by atoms with Crippen molar-refractivity contribution in [2.45, 2.75) is 18.4 Å². The molecule has 0 saturated carbocycles. The van der Waals surface area contributed by atoms with Crippen molar-refractivity contribution < 1.29 is 14.3 Å². The molecule has 2 rings (SSSR count). The van der Waals surface area contributed by atoms with Gasteiger partial charge in [0, 0.05) is 19.9 Å². The molecule has 0 atom stereocenters. The van der Waals surface area contributed by atoms with Gasteiger partial charge in [-0.15, -0.1) is 0 Å². The molecule has 2 saturated heterocycles. The Labute approximate surface area is 77.0 Å². The first-order valence-corrected chi connectivity index (χ1v) is 4.49. The highest BCUT2D eigenvalue weighted by atomic mass is 16.6. The summed E-state index contributed by atoms with van der Waals surface area (Å²) in [4.78, 5) is 11.1. The molecule has 0 radical (unpaired) electrons. The molecule has 74 valence electrons. The van der Waals surface area contributed by atoms with Crippen LogP contribution in [0, 0.1) is 0 Å². The van der Waals surface area contributed by atoms with Gasteiger partial charge in [-0.2, -0.15) is 0 Å². The van der Waals surface area contributed by atoms with Gasteiger partial charge in [-0.25, -0.2) is 9.80 Å². The molecule has 0 aliphatic carbocycles. The van der Waals surface area contributed by atoms with Crippen LogP contribution in [0.1, 0.15) is 12.8 Å². The van der Waals surface area contributed by atoms with E-state index >= 15 is 0 Å². The first-order chi connectivity index (χ1) is 6.20. The molecule has 13 heavy (non-hydrogen) atoms. The summed E-state index contributed by atoms with van der Waals surface area (Å²) in [5, 5.41) is 1.77. The predicted octanol–water partition coefficient (Wildman–Crippen LogP) is 0.122. The largest absolute Gasteiger partial charge is 0.440 e. The van der Waals surface area contributed by atoms with Crippen molar-refractivity contribution in [1.29, 1.82) is 0 Å². The zero-order chi connectivity index (χ0) is 9.31. The summed E-state index contributed by atoms with van der Waals surface area (Å²) in [6.45, 7) is 2.10. The van der Waals surface area contributed by atoms with Crippen LogP contribution < -0.4 is 5.43 Å². The molecule has 0 unspecified atom stereocenters. The third-order valence-corrected chi connectivity index (χ3v) is 2.52. The molecule has 1 amide bonds. The lowest BCUT2D eigenvalue weighted by Crippen LogP contribution is -2.60. The minimum Gasteiger partial charge on any atom is -0.440 e. The van der Waals surface area contributed by atoms with E-state index < -0.39 is 0 Å². The maximum absolute atomic E-state index is 11.1. The van der Waals surface area contributed by atoms with Crippen LogP contribution >= 0.6 is 0 Å². The van der Waals surface area contributed by atoms with Crippen molar-refractivity contribution in [2.75, 3.05) is 26.8 Å². The molecule has 0 aromatic carbocycles. The number of hydrazine groups is 1. The van der Waals surface area contributed by atoms with Crippen LogP contribution in [0.2, 0.25) is 0 Å². The van der Waals surface area contributed by atoms with Crippen molar-refractivity contribution in [3.8, 4) is 0 Å². The van der Waals surface area contributed by atoms with E-state index in [-0.39, 0.29) is 11.7 Å². The van der Waals surface area contributed by atoms with Gasteiger partial charge in [-0.1, -0.05) is 0 Å². The lowest BCUT2D eigenvalue weighted by Gasteiger charge is -2.42. The second-order valence-electron chi connectivity index (χ2n) is 3.65. The Morgan fingerprint density at radius 1 is 1.46 bits per heavy atom. The van der Waals surface area contributed by atoms with E-state index in [1.54, 1.807) is 5.01 Å². The molecular weight excluding hydrogens is 172 g/mol. The highest BCUT2D eigenvalue weighted by molar-refractivity contribution is 5.67. The number of hydrogen-bond acceptors (Lipinski definition) is 4. The zero-order valence-corrected chi connectivity index (χ0v) is 7.71. The molecule has 2 fully saturated rings. The van der Waals surface area contributed by atoms with Crippen molar-refractivity contribution >= 4 is 6.09 Å². The number of carbonyl (C=O) groups is 1. The molecule has 2 heterocycles. The number of amides is 1. The van der Waals surface area contributed by atoms with Crippen LogP contribution in [-0.2, 0) is 9.47 Å². The standard InChI is InChI=1S/C8H14N2O3/c1-10-6-8(13-7(11)9-10)2-4-12-5-3-8/h2-6H2,1H3,(H,9,11). The topological polar surface area (TPSA) is 50.8 Å². The summed E-state index contributed by atoms with van der Waals surface area (Å²) in [6.07, 6.45) is 1.24. The molecule has 2 aliphatic heterocycles. The quantitative estimate of drug-likeness (QED) is 0.584. The van der Waals surface area contributed by atoms with E-state index in [9.17, 15) is 4.79 Å². The average molecular weight is 186 g/mol. The molecular formula is C8H14N2O3. The van der Waals surface area contributed by atoms with E-state index in [2.05, 4.69) is 5.43 Å². The van der Waals surface area contributed by atoms with Gasteiger partial charge in [0.15, 0.2) is 0 Å². The number of rotatable bonds is 0. The summed E-state index contributed by atoms with van der Waals surface area (Å²) in [5.41, 5.74) is 2.27. The maximum atomic E-state index is 11.1. The van der Waals surface area contributed by atoms with Crippen molar-refractivity contribution in [1.82, 2.24) is 10.4 Å². The Morgan fingerprint density at radius 3 is 2.77 bits per heavy atom.